The number of rotatable bonds is 5. The second-order valence-electron chi connectivity index (χ2n) is 4.93. The molecule has 0 aromatic heterocycles. The lowest BCUT2D eigenvalue weighted by molar-refractivity contribution is -0.150. The van der Waals surface area contributed by atoms with Crippen molar-refractivity contribution in [2.45, 2.75) is 26.2 Å². The van der Waals surface area contributed by atoms with E-state index in [0.717, 1.165) is 12.2 Å². The maximum absolute atomic E-state index is 11.8. The van der Waals surface area contributed by atoms with Gasteiger partial charge in [0.15, 0.2) is 0 Å². The van der Waals surface area contributed by atoms with E-state index in [1.807, 2.05) is 6.26 Å². The molecule has 0 radical (unpaired) electrons. The number of carboxylic acids is 1. The molecule has 0 spiro atoms. The SMILES string of the molecule is CSCCCNC(=O)N1CCC(C)(C(=O)O)CC1. The van der Waals surface area contributed by atoms with E-state index < -0.39 is 11.4 Å². The Kier molecular flexibility index (Phi) is 5.78. The predicted octanol–water partition coefficient (Wildman–Crippen LogP) is 1.64. The molecule has 0 atom stereocenters. The number of nitrogens with one attached hydrogen (secondary N) is 1. The number of carbonyl (C=O) groups excluding carboxylic acids is 1. The molecule has 6 heteroatoms. The van der Waals surface area contributed by atoms with Crippen LogP contribution in [0.15, 0.2) is 0 Å². The average Bonchev–Trinajstić information content (AvgIpc) is 2.35. The largest absolute Gasteiger partial charge is 0.481 e. The van der Waals surface area contributed by atoms with Crippen molar-refractivity contribution in [2.75, 3.05) is 31.6 Å². The van der Waals surface area contributed by atoms with Gasteiger partial charge in [-0.1, -0.05) is 0 Å². The molecule has 1 rings (SSSR count). The van der Waals surface area contributed by atoms with Crippen LogP contribution in [0.25, 0.3) is 0 Å². The van der Waals surface area contributed by atoms with Gasteiger partial charge in [-0.05, 0) is 38.2 Å². The Balaban J connectivity index is 2.30. The number of hydrogen-bond donors (Lipinski definition) is 2. The summed E-state index contributed by atoms with van der Waals surface area (Å²) in [5, 5.41) is 12.0. The Morgan fingerprint density at radius 2 is 2.00 bits per heavy atom. The van der Waals surface area contributed by atoms with Crippen LogP contribution in [0, 0.1) is 5.41 Å². The zero-order valence-electron chi connectivity index (χ0n) is 11.1. The van der Waals surface area contributed by atoms with Crippen LogP contribution in [0.2, 0.25) is 0 Å². The van der Waals surface area contributed by atoms with E-state index in [1.54, 1.807) is 23.6 Å². The number of piperidine rings is 1. The number of aliphatic carboxylic acids is 1. The van der Waals surface area contributed by atoms with E-state index in [-0.39, 0.29) is 6.03 Å². The van der Waals surface area contributed by atoms with E-state index in [0.29, 0.717) is 32.5 Å². The minimum atomic E-state index is -0.762. The molecule has 1 saturated heterocycles. The lowest BCUT2D eigenvalue weighted by Crippen LogP contribution is -2.48. The molecule has 0 aliphatic carbocycles. The monoisotopic (exact) mass is 274 g/mol. The first kappa shape index (κ1) is 15.1. The average molecular weight is 274 g/mol. The normalized spacial score (nSPS) is 18.4. The van der Waals surface area contributed by atoms with Gasteiger partial charge in [0.2, 0.25) is 0 Å². The van der Waals surface area contributed by atoms with Crippen molar-refractivity contribution in [1.29, 1.82) is 0 Å². The summed E-state index contributed by atoms with van der Waals surface area (Å²) in [5.74, 6) is 0.278. The highest BCUT2D eigenvalue weighted by molar-refractivity contribution is 7.98. The molecule has 2 N–H and O–H groups in total. The molecule has 104 valence electrons. The molecule has 1 aliphatic heterocycles. The van der Waals surface area contributed by atoms with Crippen molar-refractivity contribution in [2.24, 2.45) is 5.41 Å². The van der Waals surface area contributed by atoms with Gasteiger partial charge in [0.05, 0.1) is 5.41 Å². The number of carbonyl (C=O) groups is 2. The summed E-state index contributed by atoms with van der Waals surface area (Å²) < 4.78 is 0. The van der Waals surface area contributed by atoms with E-state index >= 15 is 0 Å². The van der Waals surface area contributed by atoms with Gasteiger partial charge in [-0.2, -0.15) is 11.8 Å². The van der Waals surface area contributed by atoms with Gasteiger partial charge in [0.1, 0.15) is 0 Å². The number of nitrogens with zero attached hydrogens (tertiary/aromatic N) is 1. The molecule has 1 aliphatic rings. The van der Waals surface area contributed by atoms with Crippen LogP contribution in [0.4, 0.5) is 4.79 Å². The molecule has 5 nitrogen and oxygen atoms in total. The van der Waals surface area contributed by atoms with Gasteiger partial charge in [0.25, 0.3) is 0 Å². The Hall–Kier alpha value is -0.910. The van der Waals surface area contributed by atoms with Gasteiger partial charge in [-0.25, -0.2) is 4.79 Å². The van der Waals surface area contributed by atoms with E-state index in [4.69, 9.17) is 5.11 Å². The molecule has 0 aromatic rings. The summed E-state index contributed by atoms with van der Waals surface area (Å²) in [6.45, 7) is 3.49. The highest BCUT2D eigenvalue weighted by atomic mass is 32.2. The zero-order valence-corrected chi connectivity index (χ0v) is 11.9. The molecule has 0 unspecified atom stereocenters. The predicted molar refractivity (Wildman–Crippen MR) is 72.9 cm³/mol. The number of carboxylic acid groups (broad SMARTS) is 1. The van der Waals surface area contributed by atoms with Crippen LogP contribution in [-0.2, 0) is 4.79 Å². The van der Waals surface area contributed by atoms with Crippen molar-refractivity contribution < 1.29 is 14.7 Å². The fraction of sp³-hybridized carbons (Fsp3) is 0.833. The Morgan fingerprint density at radius 1 is 1.39 bits per heavy atom. The van der Waals surface area contributed by atoms with E-state index in [2.05, 4.69) is 5.32 Å². The summed E-state index contributed by atoms with van der Waals surface area (Å²) >= 11 is 1.76. The summed E-state index contributed by atoms with van der Waals surface area (Å²) in [6, 6.07) is -0.0662. The first-order valence-corrected chi connectivity index (χ1v) is 7.64. The molecule has 0 aromatic carbocycles. The number of urea groups is 1. The van der Waals surface area contributed by atoms with Crippen LogP contribution in [0.5, 0.6) is 0 Å². The molecular weight excluding hydrogens is 252 g/mol. The lowest BCUT2D eigenvalue weighted by atomic mass is 9.80. The van der Waals surface area contributed by atoms with Gasteiger partial charge >= 0.3 is 12.0 Å². The third kappa shape index (κ3) is 4.08. The van der Waals surface area contributed by atoms with Crippen molar-refractivity contribution in [3.05, 3.63) is 0 Å². The van der Waals surface area contributed by atoms with E-state index in [1.165, 1.54) is 0 Å². The summed E-state index contributed by atoms with van der Waals surface area (Å²) in [6.07, 6.45) is 4.06. The molecular formula is C12H22N2O3S. The number of hydrogen-bond acceptors (Lipinski definition) is 3. The minimum Gasteiger partial charge on any atom is -0.481 e. The Morgan fingerprint density at radius 3 is 2.50 bits per heavy atom. The number of likely N-dealkylation sites (tertiary alicyclic amines) is 1. The topological polar surface area (TPSA) is 69.6 Å². The van der Waals surface area contributed by atoms with Crippen LogP contribution >= 0.6 is 11.8 Å². The first-order chi connectivity index (χ1) is 8.49. The standard InChI is InChI=1S/C12H22N2O3S/c1-12(10(15)16)4-7-14(8-5-12)11(17)13-6-3-9-18-2/h3-9H2,1-2H3,(H,13,17)(H,15,16). The molecule has 1 fully saturated rings. The fourth-order valence-corrected chi connectivity index (χ4v) is 2.37. The van der Waals surface area contributed by atoms with Gasteiger partial charge < -0.3 is 15.3 Å². The minimum absolute atomic E-state index is 0.0662. The second kappa shape index (κ2) is 6.87. The van der Waals surface area contributed by atoms with Crippen molar-refractivity contribution in [1.82, 2.24) is 10.2 Å². The number of thioether (sulfide) groups is 1. The van der Waals surface area contributed by atoms with Gasteiger partial charge in [-0.15, -0.1) is 0 Å². The Bertz CT molecular complexity index is 302. The highest BCUT2D eigenvalue weighted by Crippen LogP contribution is 2.30. The third-order valence-corrected chi connectivity index (χ3v) is 4.17. The van der Waals surface area contributed by atoms with Crippen LogP contribution < -0.4 is 5.32 Å². The van der Waals surface area contributed by atoms with Gasteiger partial charge in [-0.3, -0.25) is 4.79 Å². The molecule has 0 saturated carbocycles. The summed E-state index contributed by atoms with van der Waals surface area (Å²) in [4.78, 5) is 24.6. The maximum atomic E-state index is 11.8. The first-order valence-electron chi connectivity index (χ1n) is 6.25. The smallest absolute Gasteiger partial charge is 0.317 e. The molecule has 1 heterocycles. The number of amides is 2. The van der Waals surface area contributed by atoms with Crippen LogP contribution in [-0.4, -0.2) is 53.6 Å². The Labute approximate surface area is 112 Å². The maximum Gasteiger partial charge on any atom is 0.317 e. The van der Waals surface area contributed by atoms with E-state index in [9.17, 15) is 9.59 Å². The summed E-state index contributed by atoms with van der Waals surface area (Å²) in [7, 11) is 0. The zero-order chi connectivity index (χ0) is 13.6. The van der Waals surface area contributed by atoms with Crippen LogP contribution in [0.1, 0.15) is 26.2 Å². The highest BCUT2D eigenvalue weighted by Gasteiger charge is 2.37. The molecule has 18 heavy (non-hydrogen) atoms. The summed E-state index contributed by atoms with van der Waals surface area (Å²) in [5.41, 5.74) is -0.671. The van der Waals surface area contributed by atoms with Crippen molar-refractivity contribution in [3.8, 4) is 0 Å². The second-order valence-corrected chi connectivity index (χ2v) is 5.92. The van der Waals surface area contributed by atoms with Crippen molar-refractivity contribution >= 4 is 23.8 Å². The van der Waals surface area contributed by atoms with Crippen molar-refractivity contribution in [3.63, 3.8) is 0 Å². The lowest BCUT2D eigenvalue weighted by Gasteiger charge is -2.36. The third-order valence-electron chi connectivity index (χ3n) is 3.47. The van der Waals surface area contributed by atoms with Crippen LogP contribution in [0.3, 0.4) is 0 Å². The van der Waals surface area contributed by atoms with Gasteiger partial charge in [0, 0.05) is 19.6 Å². The molecule has 2 amide bonds. The fourth-order valence-electron chi connectivity index (χ4n) is 1.94. The molecule has 0 bridgehead atoms. The quantitative estimate of drug-likeness (QED) is 0.748.